The highest BCUT2D eigenvalue weighted by atomic mass is 32.1. The Kier molecular flexibility index (Phi) is 4.07. The zero-order valence-corrected chi connectivity index (χ0v) is 10.9. The molecule has 0 bridgehead atoms. The van der Waals surface area contributed by atoms with Gasteiger partial charge in [0.2, 0.25) is 0 Å². The smallest absolute Gasteiger partial charge is 0.273 e. The van der Waals surface area contributed by atoms with Crippen molar-refractivity contribution in [2.45, 2.75) is 0 Å². The molecule has 0 radical (unpaired) electrons. The summed E-state index contributed by atoms with van der Waals surface area (Å²) in [4.78, 5) is 17.7. The molecule has 0 saturated carbocycles. The fourth-order valence-corrected chi connectivity index (χ4v) is 2.33. The monoisotopic (exact) mass is 262 g/mol. The van der Waals surface area contributed by atoms with Gasteiger partial charge < -0.3 is 10.0 Å². The lowest BCUT2D eigenvalue weighted by atomic mass is 10.2. The Balaban J connectivity index is 2.18. The summed E-state index contributed by atoms with van der Waals surface area (Å²) in [5.41, 5.74) is 1.43. The van der Waals surface area contributed by atoms with Gasteiger partial charge in [-0.15, -0.1) is 11.3 Å². The quantitative estimate of drug-likeness (QED) is 0.915. The predicted octanol–water partition coefficient (Wildman–Crippen LogP) is 1.87. The molecule has 4 nitrogen and oxygen atoms in total. The molecule has 0 aliphatic heterocycles. The zero-order chi connectivity index (χ0) is 13.0. The van der Waals surface area contributed by atoms with Gasteiger partial charge in [0.25, 0.3) is 5.91 Å². The van der Waals surface area contributed by atoms with Gasteiger partial charge >= 0.3 is 0 Å². The SMILES string of the molecule is CN(CCO)C(=O)c1csc(-c2ccccc2)n1. The standard InChI is InChI=1S/C13H14N2O2S/c1-15(7-8-16)13(17)11-9-18-12(14-11)10-5-3-2-4-6-10/h2-6,9,16H,7-8H2,1H3. The van der Waals surface area contributed by atoms with E-state index in [0.717, 1.165) is 10.6 Å². The van der Waals surface area contributed by atoms with Crippen LogP contribution in [0.4, 0.5) is 0 Å². The minimum atomic E-state index is -0.164. The maximum absolute atomic E-state index is 11.9. The van der Waals surface area contributed by atoms with Crippen LogP contribution in [0.2, 0.25) is 0 Å². The molecule has 0 unspecified atom stereocenters. The van der Waals surface area contributed by atoms with E-state index in [2.05, 4.69) is 4.98 Å². The van der Waals surface area contributed by atoms with Gasteiger partial charge in [0.05, 0.1) is 6.61 Å². The molecule has 1 aromatic heterocycles. The molecule has 5 heteroatoms. The Bertz CT molecular complexity index is 525. The molecule has 0 saturated heterocycles. The number of aromatic nitrogens is 1. The normalized spacial score (nSPS) is 10.3. The topological polar surface area (TPSA) is 53.4 Å². The summed E-state index contributed by atoms with van der Waals surface area (Å²) in [5.74, 6) is -0.164. The lowest BCUT2D eigenvalue weighted by Gasteiger charge is -2.13. The summed E-state index contributed by atoms with van der Waals surface area (Å²) in [7, 11) is 1.65. The van der Waals surface area contributed by atoms with Crippen molar-refractivity contribution in [3.8, 4) is 10.6 Å². The van der Waals surface area contributed by atoms with E-state index in [1.165, 1.54) is 16.2 Å². The van der Waals surface area contributed by atoms with Crippen LogP contribution in [0.3, 0.4) is 0 Å². The van der Waals surface area contributed by atoms with Crippen LogP contribution < -0.4 is 0 Å². The third-order valence-corrected chi connectivity index (χ3v) is 3.42. The van der Waals surface area contributed by atoms with Crippen LogP contribution >= 0.6 is 11.3 Å². The molecule has 0 aliphatic carbocycles. The lowest BCUT2D eigenvalue weighted by Crippen LogP contribution is -2.29. The van der Waals surface area contributed by atoms with Crippen LogP contribution in [-0.2, 0) is 0 Å². The fourth-order valence-electron chi connectivity index (χ4n) is 1.53. The molecule has 0 aliphatic rings. The van der Waals surface area contributed by atoms with Gasteiger partial charge in [0.1, 0.15) is 10.7 Å². The number of hydrogen-bond acceptors (Lipinski definition) is 4. The summed E-state index contributed by atoms with van der Waals surface area (Å²) >= 11 is 1.45. The Labute approximate surface area is 110 Å². The molecule has 2 rings (SSSR count). The van der Waals surface area contributed by atoms with Crippen LogP contribution in [-0.4, -0.2) is 41.1 Å². The van der Waals surface area contributed by atoms with Crippen molar-refractivity contribution < 1.29 is 9.90 Å². The van der Waals surface area contributed by atoms with Crippen molar-refractivity contribution in [3.05, 3.63) is 41.4 Å². The van der Waals surface area contributed by atoms with E-state index in [1.807, 2.05) is 30.3 Å². The summed E-state index contributed by atoms with van der Waals surface area (Å²) in [6.07, 6.45) is 0. The number of hydrogen-bond donors (Lipinski definition) is 1. The maximum atomic E-state index is 11.9. The number of aliphatic hydroxyl groups is 1. The van der Waals surface area contributed by atoms with E-state index in [0.29, 0.717) is 12.2 Å². The Morgan fingerprint density at radius 1 is 1.39 bits per heavy atom. The predicted molar refractivity (Wildman–Crippen MR) is 71.6 cm³/mol. The van der Waals surface area contributed by atoms with E-state index in [1.54, 1.807) is 12.4 Å². The molecule has 1 heterocycles. The van der Waals surface area contributed by atoms with Gasteiger partial charge in [0, 0.05) is 24.5 Å². The number of benzene rings is 1. The van der Waals surface area contributed by atoms with Crippen molar-refractivity contribution >= 4 is 17.2 Å². The highest BCUT2D eigenvalue weighted by Gasteiger charge is 2.15. The van der Waals surface area contributed by atoms with E-state index >= 15 is 0 Å². The summed E-state index contributed by atoms with van der Waals surface area (Å²) < 4.78 is 0. The van der Waals surface area contributed by atoms with Crippen molar-refractivity contribution in [1.29, 1.82) is 0 Å². The molecule has 0 fully saturated rings. The minimum absolute atomic E-state index is 0.0437. The molecule has 1 aromatic carbocycles. The Morgan fingerprint density at radius 3 is 2.78 bits per heavy atom. The average Bonchev–Trinajstić information content (AvgIpc) is 2.89. The number of carbonyl (C=O) groups excluding carboxylic acids is 1. The van der Waals surface area contributed by atoms with Gasteiger partial charge in [-0.1, -0.05) is 30.3 Å². The lowest BCUT2D eigenvalue weighted by molar-refractivity contribution is 0.0762. The number of thiazole rings is 1. The third kappa shape index (κ3) is 2.75. The zero-order valence-electron chi connectivity index (χ0n) is 10.0. The number of nitrogens with zero attached hydrogens (tertiary/aromatic N) is 2. The van der Waals surface area contributed by atoms with Crippen LogP contribution in [0.15, 0.2) is 35.7 Å². The van der Waals surface area contributed by atoms with Gasteiger partial charge in [-0.25, -0.2) is 4.98 Å². The number of carbonyl (C=O) groups is 1. The van der Waals surface area contributed by atoms with Crippen LogP contribution in [0, 0.1) is 0 Å². The highest BCUT2D eigenvalue weighted by Crippen LogP contribution is 2.23. The minimum Gasteiger partial charge on any atom is -0.395 e. The van der Waals surface area contributed by atoms with Gasteiger partial charge in [0.15, 0.2) is 0 Å². The van der Waals surface area contributed by atoms with E-state index < -0.39 is 0 Å². The number of aliphatic hydroxyl groups excluding tert-OH is 1. The second kappa shape index (κ2) is 5.75. The van der Waals surface area contributed by atoms with E-state index in [4.69, 9.17) is 5.11 Å². The third-order valence-electron chi connectivity index (χ3n) is 2.53. The molecule has 0 atom stereocenters. The molecular weight excluding hydrogens is 248 g/mol. The van der Waals surface area contributed by atoms with Gasteiger partial charge in [-0.2, -0.15) is 0 Å². The van der Waals surface area contributed by atoms with E-state index in [9.17, 15) is 4.79 Å². The van der Waals surface area contributed by atoms with Crippen molar-refractivity contribution in [2.24, 2.45) is 0 Å². The van der Waals surface area contributed by atoms with E-state index in [-0.39, 0.29) is 12.5 Å². The Hall–Kier alpha value is -1.72. The van der Waals surface area contributed by atoms with Gasteiger partial charge in [-0.05, 0) is 0 Å². The second-order valence-corrected chi connectivity index (χ2v) is 4.71. The molecule has 94 valence electrons. The molecule has 0 spiro atoms. The van der Waals surface area contributed by atoms with Crippen LogP contribution in [0.25, 0.3) is 10.6 Å². The second-order valence-electron chi connectivity index (χ2n) is 3.85. The number of rotatable bonds is 4. The summed E-state index contributed by atoms with van der Waals surface area (Å²) in [5, 5.41) is 11.4. The van der Waals surface area contributed by atoms with Gasteiger partial charge in [-0.3, -0.25) is 4.79 Å². The summed E-state index contributed by atoms with van der Waals surface area (Å²) in [6.45, 7) is 0.273. The average molecular weight is 262 g/mol. The van der Waals surface area contributed by atoms with Crippen LogP contribution in [0.1, 0.15) is 10.5 Å². The first-order valence-electron chi connectivity index (χ1n) is 5.59. The number of amides is 1. The molecule has 1 N–H and O–H groups in total. The molecular formula is C13H14N2O2S. The fraction of sp³-hybridized carbons (Fsp3) is 0.231. The first-order valence-corrected chi connectivity index (χ1v) is 6.47. The summed E-state index contributed by atoms with van der Waals surface area (Å²) in [6, 6.07) is 9.75. The van der Waals surface area contributed by atoms with Crippen molar-refractivity contribution in [1.82, 2.24) is 9.88 Å². The Morgan fingerprint density at radius 2 is 2.11 bits per heavy atom. The highest BCUT2D eigenvalue weighted by molar-refractivity contribution is 7.13. The molecule has 1 amide bonds. The molecule has 18 heavy (non-hydrogen) atoms. The first-order chi connectivity index (χ1) is 8.72. The maximum Gasteiger partial charge on any atom is 0.273 e. The first kappa shape index (κ1) is 12.7. The van der Waals surface area contributed by atoms with Crippen LogP contribution in [0.5, 0.6) is 0 Å². The van der Waals surface area contributed by atoms with Crippen molar-refractivity contribution in [3.63, 3.8) is 0 Å². The van der Waals surface area contributed by atoms with Crippen molar-refractivity contribution in [2.75, 3.05) is 20.2 Å². The number of likely N-dealkylation sites (N-methyl/N-ethyl adjacent to an activating group) is 1. The largest absolute Gasteiger partial charge is 0.395 e. The molecule has 2 aromatic rings.